The Balaban J connectivity index is 1.72. The molecule has 1 aliphatic rings. The molecular formula is C21H24F2N2O2. The maximum Gasteiger partial charge on any atom is 0.319 e. The van der Waals surface area contributed by atoms with Crippen LogP contribution in [0.25, 0.3) is 0 Å². The summed E-state index contributed by atoms with van der Waals surface area (Å²) < 4.78 is 33.1. The minimum absolute atomic E-state index is 0.192. The first-order chi connectivity index (χ1) is 12.8. The minimum Gasteiger partial charge on any atom is -0.492 e. The van der Waals surface area contributed by atoms with E-state index in [1.54, 1.807) is 18.2 Å². The monoisotopic (exact) mass is 374 g/mol. The van der Waals surface area contributed by atoms with Crippen molar-refractivity contribution in [2.24, 2.45) is 5.41 Å². The van der Waals surface area contributed by atoms with Gasteiger partial charge in [0.05, 0.1) is 12.3 Å². The van der Waals surface area contributed by atoms with Gasteiger partial charge in [0, 0.05) is 18.0 Å². The molecule has 2 amide bonds. The molecule has 1 unspecified atom stereocenters. The van der Waals surface area contributed by atoms with Crippen molar-refractivity contribution < 1.29 is 18.3 Å². The second-order valence-corrected chi connectivity index (χ2v) is 7.50. The molecule has 0 heterocycles. The summed E-state index contributed by atoms with van der Waals surface area (Å²) in [5, 5.41) is 5.60. The van der Waals surface area contributed by atoms with Gasteiger partial charge in [-0.3, -0.25) is 0 Å². The number of anilines is 1. The van der Waals surface area contributed by atoms with Gasteiger partial charge in [0.25, 0.3) is 0 Å². The van der Waals surface area contributed by atoms with Crippen LogP contribution >= 0.6 is 0 Å². The molecule has 1 aliphatic carbocycles. The number of nitrogens with one attached hydrogen (secondary N) is 2. The van der Waals surface area contributed by atoms with Crippen molar-refractivity contribution in [1.29, 1.82) is 0 Å². The van der Waals surface area contributed by atoms with E-state index < -0.39 is 23.1 Å². The van der Waals surface area contributed by atoms with Crippen molar-refractivity contribution in [2.75, 3.05) is 18.5 Å². The molecule has 3 rings (SSSR count). The zero-order chi connectivity index (χ0) is 19.7. The fraction of sp³-hybridized carbons (Fsp3) is 0.381. The summed E-state index contributed by atoms with van der Waals surface area (Å²) >= 11 is 0. The molecule has 2 N–H and O–H groups in total. The van der Waals surface area contributed by atoms with E-state index in [0.29, 0.717) is 30.0 Å². The number of amides is 2. The molecule has 2 aromatic rings. The smallest absolute Gasteiger partial charge is 0.319 e. The number of urea groups is 1. The van der Waals surface area contributed by atoms with Crippen LogP contribution in [0.2, 0.25) is 0 Å². The molecule has 0 spiro atoms. The Bertz CT molecular complexity index is 854. The lowest BCUT2D eigenvalue weighted by molar-refractivity contribution is 0.250. The lowest BCUT2D eigenvalue weighted by atomic mass is 9.87. The predicted octanol–water partition coefficient (Wildman–Crippen LogP) is 4.85. The van der Waals surface area contributed by atoms with Crippen molar-refractivity contribution in [3.05, 3.63) is 59.7 Å². The van der Waals surface area contributed by atoms with Gasteiger partial charge in [-0.25, -0.2) is 13.6 Å². The fourth-order valence-corrected chi connectivity index (χ4v) is 3.69. The second kappa shape index (κ2) is 7.18. The first-order valence-corrected chi connectivity index (χ1v) is 9.01. The van der Waals surface area contributed by atoms with Crippen molar-refractivity contribution in [2.45, 2.75) is 32.6 Å². The van der Waals surface area contributed by atoms with E-state index in [-0.39, 0.29) is 12.0 Å². The molecular weight excluding hydrogens is 350 g/mol. The number of carbonyl (C=O) groups is 1. The lowest BCUT2D eigenvalue weighted by Gasteiger charge is -2.23. The van der Waals surface area contributed by atoms with Gasteiger partial charge in [0.1, 0.15) is 17.4 Å². The summed E-state index contributed by atoms with van der Waals surface area (Å²) in [4.78, 5) is 12.4. The highest BCUT2D eigenvalue weighted by molar-refractivity contribution is 5.91. The Labute approximate surface area is 157 Å². The third-order valence-electron chi connectivity index (χ3n) is 5.35. The van der Waals surface area contributed by atoms with E-state index in [4.69, 9.17) is 4.74 Å². The Morgan fingerprint density at radius 3 is 2.52 bits per heavy atom. The van der Waals surface area contributed by atoms with E-state index in [9.17, 15) is 13.6 Å². The van der Waals surface area contributed by atoms with Gasteiger partial charge < -0.3 is 15.4 Å². The maximum absolute atomic E-state index is 14.4. The number of para-hydroxylation sites is 2. The van der Waals surface area contributed by atoms with Crippen LogP contribution in [0.1, 0.15) is 32.8 Å². The number of hydrogen-bond acceptors (Lipinski definition) is 2. The average Bonchev–Trinajstić information content (AvgIpc) is 3.17. The summed E-state index contributed by atoms with van der Waals surface area (Å²) in [7, 11) is 0. The van der Waals surface area contributed by atoms with Gasteiger partial charge in [0.2, 0.25) is 0 Å². The van der Waals surface area contributed by atoms with Crippen molar-refractivity contribution >= 4 is 11.7 Å². The molecule has 0 bridgehead atoms. The standard InChI is InChI=1S/C21H24F2N2O2/c1-4-27-18-8-6-5-7-17(18)25-19(26)24-13-21(12-20(21,2)3)15-10-9-14(22)11-16(15)23/h5-11H,4,12-13H2,1-3H3,(H2,24,25,26). The lowest BCUT2D eigenvalue weighted by Crippen LogP contribution is -2.37. The first-order valence-electron chi connectivity index (χ1n) is 9.01. The Morgan fingerprint density at radius 1 is 1.19 bits per heavy atom. The van der Waals surface area contributed by atoms with Crippen molar-refractivity contribution in [3.8, 4) is 5.75 Å². The molecule has 27 heavy (non-hydrogen) atoms. The molecule has 2 aromatic carbocycles. The topological polar surface area (TPSA) is 50.4 Å². The maximum atomic E-state index is 14.4. The molecule has 6 heteroatoms. The molecule has 0 aromatic heterocycles. The number of rotatable bonds is 6. The first kappa shape index (κ1) is 19.1. The summed E-state index contributed by atoms with van der Waals surface area (Å²) in [5.74, 6) is -0.603. The quantitative estimate of drug-likeness (QED) is 0.759. The van der Waals surface area contributed by atoms with Crippen LogP contribution in [0.15, 0.2) is 42.5 Å². The Morgan fingerprint density at radius 2 is 1.89 bits per heavy atom. The molecule has 0 saturated heterocycles. The van der Waals surface area contributed by atoms with Crippen LogP contribution in [0.4, 0.5) is 19.3 Å². The molecule has 4 nitrogen and oxygen atoms in total. The molecule has 0 radical (unpaired) electrons. The molecule has 1 fully saturated rings. The third kappa shape index (κ3) is 3.75. The summed E-state index contributed by atoms with van der Waals surface area (Å²) in [6.45, 7) is 6.64. The van der Waals surface area contributed by atoms with Crippen LogP contribution in [0.3, 0.4) is 0 Å². The summed E-state index contributed by atoms with van der Waals surface area (Å²) in [6.07, 6.45) is 0.707. The molecule has 1 saturated carbocycles. The van der Waals surface area contributed by atoms with Gasteiger partial charge >= 0.3 is 6.03 Å². The largest absolute Gasteiger partial charge is 0.492 e. The number of benzene rings is 2. The summed E-state index contributed by atoms with van der Waals surface area (Å²) in [6, 6.07) is 10.4. The van der Waals surface area contributed by atoms with Crippen LogP contribution in [-0.2, 0) is 5.41 Å². The number of hydrogen-bond donors (Lipinski definition) is 2. The zero-order valence-corrected chi connectivity index (χ0v) is 15.7. The van der Waals surface area contributed by atoms with Crippen LogP contribution in [0, 0.1) is 17.0 Å². The number of halogens is 2. The Kier molecular flexibility index (Phi) is 5.09. The predicted molar refractivity (Wildman–Crippen MR) is 101 cm³/mol. The van der Waals surface area contributed by atoms with E-state index in [0.717, 1.165) is 6.07 Å². The molecule has 0 aliphatic heterocycles. The van der Waals surface area contributed by atoms with Crippen LogP contribution in [-0.4, -0.2) is 19.2 Å². The summed E-state index contributed by atoms with van der Waals surface area (Å²) in [5.41, 5.74) is 0.252. The highest BCUT2D eigenvalue weighted by Crippen LogP contribution is 2.64. The number of carbonyl (C=O) groups excluding carboxylic acids is 1. The minimum atomic E-state index is -0.608. The van der Waals surface area contributed by atoms with Gasteiger partial charge in [-0.05, 0) is 42.5 Å². The van der Waals surface area contributed by atoms with E-state index in [1.165, 1.54) is 12.1 Å². The van der Waals surface area contributed by atoms with Gasteiger partial charge in [-0.2, -0.15) is 0 Å². The van der Waals surface area contributed by atoms with Gasteiger partial charge in [-0.1, -0.05) is 32.0 Å². The average molecular weight is 374 g/mol. The van der Waals surface area contributed by atoms with E-state index in [2.05, 4.69) is 10.6 Å². The van der Waals surface area contributed by atoms with Gasteiger partial charge in [-0.15, -0.1) is 0 Å². The molecule has 144 valence electrons. The normalized spacial score (nSPS) is 20.0. The van der Waals surface area contributed by atoms with Gasteiger partial charge in [0.15, 0.2) is 0 Å². The third-order valence-corrected chi connectivity index (χ3v) is 5.35. The van der Waals surface area contributed by atoms with Crippen molar-refractivity contribution in [3.63, 3.8) is 0 Å². The SMILES string of the molecule is CCOc1ccccc1NC(=O)NCC1(c2ccc(F)cc2F)CC1(C)C. The van der Waals surface area contributed by atoms with E-state index >= 15 is 0 Å². The van der Waals surface area contributed by atoms with Crippen LogP contribution in [0.5, 0.6) is 5.75 Å². The van der Waals surface area contributed by atoms with E-state index in [1.807, 2.05) is 26.8 Å². The van der Waals surface area contributed by atoms with Crippen LogP contribution < -0.4 is 15.4 Å². The zero-order valence-electron chi connectivity index (χ0n) is 15.7. The highest BCUT2D eigenvalue weighted by atomic mass is 19.1. The second-order valence-electron chi connectivity index (χ2n) is 7.50. The number of ether oxygens (including phenoxy) is 1. The van der Waals surface area contributed by atoms with Crippen molar-refractivity contribution in [1.82, 2.24) is 5.32 Å². The fourth-order valence-electron chi connectivity index (χ4n) is 3.69. The molecule has 1 atom stereocenters. The highest BCUT2D eigenvalue weighted by Gasteiger charge is 2.62. The Hall–Kier alpha value is -2.63.